The monoisotopic (exact) mass is 309 g/mol. The number of nitrogens with one attached hydrogen (secondary N) is 2. The summed E-state index contributed by atoms with van der Waals surface area (Å²) in [7, 11) is 0. The fraction of sp³-hybridized carbons (Fsp3) is 0.235. The zero-order valence-electron chi connectivity index (χ0n) is 12.5. The molecular formula is C17H16FN5. The summed E-state index contributed by atoms with van der Waals surface area (Å²) >= 11 is 0. The molecule has 116 valence electrons. The minimum atomic E-state index is -0.264. The van der Waals surface area contributed by atoms with Crippen LogP contribution < -0.4 is 5.32 Å². The van der Waals surface area contributed by atoms with E-state index in [0.29, 0.717) is 5.95 Å². The van der Waals surface area contributed by atoms with Gasteiger partial charge in [0.05, 0.1) is 23.4 Å². The van der Waals surface area contributed by atoms with Gasteiger partial charge < -0.3 is 10.3 Å². The molecule has 0 aliphatic heterocycles. The standard InChI is InChI=1S/C17H16FN5/c18-13-5-3-12(4-6-13)15-16(22-10-21-15)14-7-8-19-17(23-14)20-9-11-1-2-11/h3-8,10-11H,1-2,9H2,(H,21,22)(H,19,20,23). The van der Waals surface area contributed by atoms with Gasteiger partial charge >= 0.3 is 0 Å². The van der Waals surface area contributed by atoms with Crippen LogP contribution in [0.15, 0.2) is 42.9 Å². The third-order valence-electron chi connectivity index (χ3n) is 3.91. The zero-order chi connectivity index (χ0) is 15.6. The molecule has 0 bridgehead atoms. The third kappa shape index (κ3) is 3.06. The normalized spacial score (nSPS) is 14.0. The number of halogens is 1. The highest BCUT2D eigenvalue weighted by Gasteiger charge is 2.21. The van der Waals surface area contributed by atoms with E-state index in [1.165, 1.54) is 25.0 Å². The Morgan fingerprint density at radius 1 is 1.13 bits per heavy atom. The minimum absolute atomic E-state index is 0.264. The van der Waals surface area contributed by atoms with Crippen LogP contribution in [0.4, 0.5) is 10.3 Å². The first-order valence-corrected chi connectivity index (χ1v) is 7.66. The van der Waals surface area contributed by atoms with Crippen molar-refractivity contribution in [2.24, 2.45) is 5.92 Å². The molecule has 0 amide bonds. The topological polar surface area (TPSA) is 66.5 Å². The number of aromatic amines is 1. The van der Waals surface area contributed by atoms with Crippen LogP contribution in [0.3, 0.4) is 0 Å². The third-order valence-corrected chi connectivity index (χ3v) is 3.91. The van der Waals surface area contributed by atoms with Crippen LogP contribution in [0.25, 0.3) is 22.6 Å². The summed E-state index contributed by atoms with van der Waals surface area (Å²) < 4.78 is 13.1. The van der Waals surface area contributed by atoms with Crippen molar-refractivity contribution in [2.75, 3.05) is 11.9 Å². The Labute approximate surface area is 133 Å². The van der Waals surface area contributed by atoms with E-state index in [0.717, 1.165) is 35.1 Å². The first-order chi connectivity index (χ1) is 11.3. The largest absolute Gasteiger partial charge is 0.354 e. The van der Waals surface area contributed by atoms with Gasteiger partial charge in [0.1, 0.15) is 5.82 Å². The van der Waals surface area contributed by atoms with Crippen molar-refractivity contribution in [3.63, 3.8) is 0 Å². The molecule has 1 fully saturated rings. The molecule has 0 saturated heterocycles. The van der Waals surface area contributed by atoms with Gasteiger partial charge in [0.25, 0.3) is 0 Å². The van der Waals surface area contributed by atoms with Crippen molar-refractivity contribution in [2.45, 2.75) is 12.8 Å². The molecule has 0 unspecified atom stereocenters. The number of benzene rings is 1. The Balaban J connectivity index is 1.64. The first kappa shape index (κ1) is 13.9. The first-order valence-electron chi connectivity index (χ1n) is 7.66. The predicted octanol–water partition coefficient (Wildman–Crippen LogP) is 3.49. The van der Waals surface area contributed by atoms with Crippen LogP contribution in [-0.4, -0.2) is 26.5 Å². The zero-order valence-corrected chi connectivity index (χ0v) is 12.5. The lowest BCUT2D eigenvalue weighted by atomic mass is 10.1. The van der Waals surface area contributed by atoms with Crippen molar-refractivity contribution in [1.29, 1.82) is 0 Å². The highest BCUT2D eigenvalue weighted by molar-refractivity contribution is 5.76. The quantitative estimate of drug-likeness (QED) is 0.757. The molecule has 6 heteroatoms. The van der Waals surface area contributed by atoms with Gasteiger partial charge in [-0.25, -0.2) is 19.3 Å². The SMILES string of the molecule is Fc1ccc(-c2nc[nH]c2-c2ccnc(NCC3CC3)n2)cc1. The summed E-state index contributed by atoms with van der Waals surface area (Å²) in [4.78, 5) is 16.3. The summed E-state index contributed by atoms with van der Waals surface area (Å²) in [6.07, 6.45) is 5.91. The second-order valence-corrected chi connectivity index (χ2v) is 5.72. The van der Waals surface area contributed by atoms with Gasteiger partial charge in [-0.15, -0.1) is 0 Å². The molecule has 2 heterocycles. The summed E-state index contributed by atoms with van der Waals surface area (Å²) in [5, 5.41) is 3.27. The maximum Gasteiger partial charge on any atom is 0.223 e. The summed E-state index contributed by atoms with van der Waals surface area (Å²) in [6.45, 7) is 0.914. The average molecular weight is 309 g/mol. The number of H-pyrrole nitrogens is 1. The fourth-order valence-electron chi connectivity index (χ4n) is 2.46. The molecule has 2 aromatic heterocycles. The van der Waals surface area contributed by atoms with E-state index in [-0.39, 0.29) is 5.82 Å². The Hall–Kier alpha value is -2.76. The summed E-state index contributed by atoms with van der Waals surface area (Å²) in [5.74, 6) is 1.11. The number of rotatable bonds is 5. The van der Waals surface area contributed by atoms with Gasteiger partial charge in [0.15, 0.2) is 0 Å². The molecule has 1 aromatic carbocycles. The highest BCUT2D eigenvalue weighted by Crippen LogP contribution is 2.30. The van der Waals surface area contributed by atoms with Crippen LogP contribution in [0, 0.1) is 11.7 Å². The fourth-order valence-corrected chi connectivity index (χ4v) is 2.46. The molecule has 1 aliphatic rings. The van der Waals surface area contributed by atoms with Crippen molar-refractivity contribution in [1.82, 2.24) is 19.9 Å². The van der Waals surface area contributed by atoms with Crippen molar-refractivity contribution in [3.8, 4) is 22.6 Å². The number of anilines is 1. The number of hydrogen-bond acceptors (Lipinski definition) is 4. The Bertz CT molecular complexity index is 808. The maximum atomic E-state index is 13.1. The van der Waals surface area contributed by atoms with Crippen molar-refractivity contribution in [3.05, 3.63) is 48.7 Å². The molecule has 1 aliphatic carbocycles. The van der Waals surface area contributed by atoms with Crippen LogP contribution >= 0.6 is 0 Å². The molecule has 5 nitrogen and oxygen atoms in total. The van der Waals surface area contributed by atoms with Gasteiger partial charge in [-0.3, -0.25) is 0 Å². The lowest BCUT2D eigenvalue weighted by Crippen LogP contribution is -2.07. The Kier molecular flexibility index (Phi) is 3.49. The van der Waals surface area contributed by atoms with E-state index in [4.69, 9.17) is 0 Å². The van der Waals surface area contributed by atoms with Crippen LogP contribution in [0.1, 0.15) is 12.8 Å². The van der Waals surface area contributed by atoms with Crippen LogP contribution in [0.5, 0.6) is 0 Å². The average Bonchev–Trinajstić information content (AvgIpc) is 3.28. The van der Waals surface area contributed by atoms with Gasteiger partial charge in [0, 0.05) is 18.3 Å². The van der Waals surface area contributed by atoms with Gasteiger partial charge in [-0.1, -0.05) is 0 Å². The second kappa shape index (κ2) is 5.79. The molecule has 0 spiro atoms. The second-order valence-electron chi connectivity index (χ2n) is 5.72. The lowest BCUT2D eigenvalue weighted by molar-refractivity contribution is 0.628. The molecule has 0 radical (unpaired) electrons. The van der Waals surface area contributed by atoms with Gasteiger partial charge in [-0.2, -0.15) is 0 Å². The van der Waals surface area contributed by atoms with E-state index >= 15 is 0 Å². The summed E-state index contributed by atoms with van der Waals surface area (Å²) in [6, 6.07) is 8.11. The highest BCUT2D eigenvalue weighted by atomic mass is 19.1. The van der Waals surface area contributed by atoms with Crippen molar-refractivity contribution < 1.29 is 4.39 Å². The number of nitrogens with zero attached hydrogens (tertiary/aromatic N) is 3. The Morgan fingerprint density at radius 3 is 2.74 bits per heavy atom. The molecule has 23 heavy (non-hydrogen) atoms. The maximum absolute atomic E-state index is 13.1. The van der Waals surface area contributed by atoms with E-state index in [2.05, 4.69) is 25.3 Å². The molecule has 4 rings (SSSR count). The Morgan fingerprint density at radius 2 is 1.96 bits per heavy atom. The van der Waals surface area contributed by atoms with Gasteiger partial charge in [-0.05, 0) is 49.1 Å². The number of aromatic nitrogens is 4. The van der Waals surface area contributed by atoms with E-state index in [9.17, 15) is 4.39 Å². The molecule has 3 aromatic rings. The summed E-state index contributed by atoms with van der Waals surface area (Å²) in [5.41, 5.74) is 3.15. The van der Waals surface area contributed by atoms with E-state index in [1.54, 1.807) is 24.7 Å². The van der Waals surface area contributed by atoms with Gasteiger partial charge in [0.2, 0.25) is 5.95 Å². The van der Waals surface area contributed by atoms with Crippen LogP contribution in [-0.2, 0) is 0 Å². The van der Waals surface area contributed by atoms with Crippen molar-refractivity contribution >= 4 is 5.95 Å². The minimum Gasteiger partial charge on any atom is -0.354 e. The smallest absolute Gasteiger partial charge is 0.223 e. The molecule has 0 atom stereocenters. The predicted molar refractivity (Wildman–Crippen MR) is 86.2 cm³/mol. The van der Waals surface area contributed by atoms with E-state index < -0.39 is 0 Å². The van der Waals surface area contributed by atoms with E-state index in [1.807, 2.05) is 6.07 Å². The lowest BCUT2D eigenvalue weighted by Gasteiger charge is -2.06. The molecule has 1 saturated carbocycles. The van der Waals surface area contributed by atoms with Crippen LogP contribution in [0.2, 0.25) is 0 Å². The molecule has 2 N–H and O–H groups in total. The molecular weight excluding hydrogens is 293 g/mol. The number of imidazole rings is 1. The number of hydrogen-bond donors (Lipinski definition) is 2.